The molecule has 0 unspecified atom stereocenters. The molecule has 0 aliphatic carbocycles. The van der Waals surface area contributed by atoms with Gasteiger partial charge in [-0.15, -0.1) is 6.58 Å². The molecule has 0 saturated heterocycles. The smallest absolute Gasteiger partial charge is 0.216 e. The van der Waals surface area contributed by atoms with Crippen molar-refractivity contribution in [3.8, 4) is 0 Å². The van der Waals surface area contributed by atoms with E-state index in [1.54, 1.807) is 0 Å². The molecule has 1 aliphatic rings. The molecular weight excluding hydrogens is 238 g/mol. The summed E-state index contributed by atoms with van der Waals surface area (Å²) in [4.78, 5) is 4.59. The van der Waals surface area contributed by atoms with E-state index in [2.05, 4.69) is 68.5 Å². The molecule has 1 aromatic carbocycles. The molecule has 3 heteroatoms. The van der Waals surface area contributed by atoms with Gasteiger partial charge in [0.25, 0.3) is 0 Å². The van der Waals surface area contributed by atoms with Gasteiger partial charge in [-0.05, 0) is 26.0 Å². The molecule has 0 N–H and O–H groups in total. The van der Waals surface area contributed by atoms with Crippen molar-refractivity contribution in [3.05, 3.63) is 42.1 Å². The Hall–Kier alpha value is -1.35. The summed E-state index contributed by atoms with van der Waals surface area (Å²) < 4.78 is 5.65. The summed E-state index contributed by atoms with van der Waals surface area (Å²) in [6.07, 6.45) is 0. The number of aliphatic imine (C=N–C) groups is 1. The highest BCUT2D eigenvalue weighted by atomic mass is 28.3. The third-order valence-electron chi connectivity index (χ3n) is 3.35. The van der Waals surface area contributed by atoms with E-state index in [-0.39, 0.29) is 5.54 Å². The minimum atomic E-state index is -1.46. The Morgan fingerprint density at radius 2 is 1.89 bits per heavy atom. The number of ether oxygens (including phenoxy) is 1. The molecule has 0 saturated carbocycles. The maximum absolute atomic E-state index is 5.65. The van der Waals surface area contributed by atoms with E-state index in [0.29, 0.717) is 6.61 Å². The van der Waals surface area contributed by atoms with Crippen LogP contribution in [0.15, 0.2) is 41.5 Å². The van der Waals surface area contributed by atoms with Gasteiger partial charge >= 0.3 is 0 Å². The van der Waals surface area contributed by atoms with E-state index >= 15 is 0 Å². The van der Waals surface area contributed by atoms with Gasteiger partial charge < -0.3 is 4.74 Å². The van der Waals surface area contributed by atoms with Crippen LogP contribution in [0.1, 0.15) is 19.4 Å². The largest absolute Gasteiger partial charge is 0.475 e. The van der Waals surface area contributed by atoms with Gasteiger partial charge in [0, 0.05) is 5.56 Å². The first-order valence-electron chi connectivity index (χ1n) is 6.31. The first-order valence-corrected chi connectivity index (χ1v) is 9.39. The number of benzene rings is 1. The van der Waals surface area contributed by atoms with Gasteiger partial charge in [0.1, 0.15) is 14.7 Å². The highest BCUT2D eigenvalue weighted by Gasteiger charge is 2.27. The number of hydrogen-bond donors (Lipinski definition) is 0. The zero-order valence-corrected chi connectivity index (χ0v) is 12.7. The maximum atomic E-state index is 5.65. The second-order valence-electron chi connectivity index (χ2n) is 6.02. The van der Waals surface area contributed by atoms with Gasteiger partial charge in [-0.1, -0.05) is 36.1 Å². The third-order valence-corrected chi connectivity index (χ3v) is 6.19. The molecule has 0 bridgehead atoms. The number of nitrogens with zero attached hydrogens (tertiary/aromatic N) is 1. The van der Waals surface area contributed by atoms with Crippen molar-refractivity contribution in [1.82, 2.24) is 0 Å². The lowest BCUT2D eigenvalue weighted by molar-refractivity contribution is 0.279. The Kier molecular flexibility index (Phi) is 3.19. The quantitative estimate of drug-likeness (QED) is 0.765. The molecular formula is C15H21NOSi. The van der Waals surface area contributed by atoms with Crippen molar-refractivity contribution >= 4 is 19.2 Å². The van der Waals surface area contributed by atoms with Crippen LogP contribution in [0.5, 0.6) is 0 Å². The predicted molar refractivity (Wildman–Crippen MR) is 80.3 cm³/mol. The molecule has 0 radical (unpaired) electrons. The highest BCUT2D eigenvalue weighted by molar-refractivity contribution is 6.93. The molecule has 0 atom stereocenters. The van der Waals surface area contributed by atoms with Gasteiger partial charge in [0.15, 0.2) is 0 Å². The van der Waals surface area contributed by atoms with Gasteiger partial charge in [-0.2, -0.15) is 0 Å². The standard InChI is InChI=1S/C15H21NOSi/c1-6-18(4,5)13-9-7-12(8-10-13)14-16-15(2,3)11-17-14/h6-10H,1,11H2,2-5H3. The summed E-state index contributed by atoms with van der Waals surface area (Å²) in [6.45, 7) is 13.4. The van der Waals surface area contributed by atoms with Crippen LogP contribution in [0.3, 0.4) is 0 Å². The van der Waals surface area contributed by atoms with Crippen LogP contribution >= 0.6 is 0 Å². The van der Waals surface area contributed by atoms with Crippen LogP contribution in [0.2, 0.25) is 13.1 Å². The average Bonchev–Trinajstić information content (AvgIpc) is 2.70. The lowest BCUT2D eigenvalue weighted by Crippen LogP contribution is -2.39. The third kappa shape index (κ3) is 2.56. The van der Waals surface area contributed by atoms with E-state index in [1.165, 1.54) is 5.19 Å². The van der Waals surface area contributed by atoms with Crippen molar-refractivity contribution in [2.45, 2.75) is 32.5 Å². The van der Waals surface area contributed by atoms with Crippen LogP contribution < -0.4 is 5.19 Å². The number of rotatable bonds is 3. The lowest BCUT2D eigenvalue weighted by atomic mass is 10.1. The molecule has 0 spiro atoms. The topological polar surface area (TPSA) is 21.6 Å². The van der Waals surface area contributed by atoms with Crippen molar-refractivity contribution in [2.24, 2.45) is 4.99 Å². The molecule has 2 nitrogen and oxygen atoms in total. The monoisotopic (exact) mass is 259 g/mol. The van der Waals surface area contributed by atoms with Gasteiger partial charge in [-0.3, -0.25) is 0 Å². The van der Waals surface area contributed by atoms with Crippen molar-refractivity contribution in [1.29, 1.82) is 0 Å². The van der Waals surface area contributed by atoms with Crippen LogP contribution in [-0.4, -0.2) is 26.1 Å². The number of hydrogen-bond acceptors (Lipinski definition) is 2. The molecule has 96 valence electrons. The van der Waals surface area contributed by atoms with Crippen molar-refractivity contribution in [3.63, 3.8) is 0 Å². The first-order chi connectivity index (χ1) is 8.34. The van der Waals surface area contributed by atoms with E-state index in [1.807, 2.05) is 0 Å². The average molecular weight is 259 g/mol. The van der Waals surface area contributed by atoms with E-state index in [0.717, 1.165) is 11.5 Å². The summed E-state index contributed by atoms with van der Waals surface area (Å²) in [5, 5.41) is 1.39. The normalized spacial score (nSPS) is 18.1. The molecule has 1 heterocycles. The van der Waals surface area contributed by atoms with Crippen molar-refractivity contribution in [2.75, 3.05) is 6.61 Å². The zero-order chi connectivity index (χ0) is 13.4. The highest BCUT2D eigenvalue weighted by Crippen LogP contribution is 2.20. The molecule has 1 aromatic rings. The molecule has 18 heavy (non-hydrogen) atoms. The van der Waals surface area contributed by atoms with Crippen LogP contribution in [0.4, 0.5) is 0 Å². The van der Waals surface area contributed by atoms with Crippen LogP contribution in [0, 0.1) is 0 Å². The molecule has 0 aromatic heterocycles. The Morgan fingerprint density at radius 3 is 2.33 bits per heavy atom. The Morgan fingerprint density at radius 1 is 1.28 bits per heavy atom. The van der Waals surface area contributed by atoms with Crippen LogP contribution in [0.25, 0.3) is 0 Å². The Balaban J connectivity index is 2.27. The second-order valence-corrected chi connectivity index (χ2v) is 10.5. The SMILES string of the molecule is C=C[Si](C)(C)c1ccc(C2=NC(C)(C)CO2)cc1. The summed E-state index contributed by atoms with van der Waals surface area (Å²) in [6, 6.07) is 8.57. The Bertz CT molecular complexity index is 486. The minimum Gasteiger partial charge on any atom is -0.475 e. The first kappa shape index (κ1) is 13.1. The minimum absolute atomic E-state index is 0.0941. The lowest BCUT2D eigenvalue weighted by Gasteiger charge is -2.17. The van der Waals surface area contributed by atoms with E-state index < -0.39 is 8.07 Å². The summed E-state index contributed by atoms with van der Waals surface area (Å²) >= 11 is 0. The Labute approximate surface area is 110 Å². The molecule has 0 fully saturated rings. The van der Waals surface area contributed by atoms with Gasteiger partial charge in [0.2, 0.25) is 5.90 Å². The molecule has 0 amide bonds. The fourth-order valence-electron chi connectivity index (χ4n) is 1.89. The fraction of sp³-hybridized carbons (Fsp3) is 0.400. The summed E-state index contributed by atoms with van der Waals surface area (Å²) in [5.41, 5.74) is 3.08. The van der Waals surface area contributed by atoms with Gasteiger partial charge in [0.05, 0.1) is 5.54 Å². The summed E-state index contributed by atoms with van der Waals surface area (Å²) in [5.74, 6) is 0.768. The van der Waals surface area contributed by atoms with Gasteiger partial charge in [-0.25, -0.2) is 4.99 Å². The van der Waals surface area contributed by atoms with Crippen LogP contribution in [-0.2, 0) is 4.74 Å². The second kappa shape index (κ2) is 4.39. The maximum Gasteiger partial charge on any atom is 0.216 e. The zero-order valence-electron chi connectivity index (χ0n) is 11.7. The summed E-state index contributed by atoms with van der Waals surface area (Å²) in [7, 11) is -1.46. The predicted octanol–water partition coefficient (Wildman–Crippen LogP) is 2.88. The molecule has 1 aliphatic heterocycles. The van der Waals surface area contributed by atoms with E-state index in [4.69, 9.17) is 4.74 Å². The fourth-order valence-corrected chi connectivity index (χ4v) is 3.15. The molecule has 2 rings (SSSR count). The van der Waals surface area contributed by atoms with Crippen molar-refractivity contribution < 1.29 is 4.74 Å². The van der Waals surface area contributed by atoms with E-state index in [9.17, 15) is 0 Å².